The maximum absolute atomic E-state index is 3.45. The van der Waals surface area contributed by atoms with Crippen molar-refractivity contribution in [1.82, 2.24) is 10.2 Å². The molecule has 100 valence electrons. The zero-order valence-corrected chi connectivity index (χ0v) is 12.0. The van der Waals surface area contributed by atoms with Gasteiger partial charge in [0.25, 0.3) is 0 Å². The summed E-state index contributed by atoms with van der Waals surface area (Å²) in [5, 5.41) is 3.45. The van der Waals surface area contributed by atoms with Crippen molar-refractivity contribution in [2.75, 3.05) is 13.6 Å². The summed E-state index contributed by atoms with van der Waals surface area (Å²) in [4.78, 5) is 2.48. The van der Waals surface area contributed by atoms with Crippen LogP contribution in [0.15, 0.2) is 18.2 Å². The van der Waals surface area contributed by atoms with E-state index in [-0.39, 0.29) is 0 Å². The third-order valence-corrected chi connectivity index (χ3v) is 4.16. The van der Waals surface area contributed by atoms with Gasteiger partial charge >= 0.3 is 0 Å². The number of fused-ring (bicyclic) bond motifs is 1. The summed E-state index contributed by atoms with van der Waals surface area (Å²) in [5.74, 6) is 0. The highest BCUT2D eigenvalue weighted by molar-refractivity contribution is 5.33. The molecule has 0 radical (unpaired) electrons. The van der Waals surface area contributed by atoms with Crippen molar-refractivity contribution in [2.45, 2.75) is 52.2 Å². The molecule has 0 saturated carbocycles. The summed E-state index contributed by atoms with van der Waals surface area (Å²) in [5.41, 5.74) is 4.48. The van der Waals surface area contributed by atoms with Crippen LogP contribution in [0.4, 0.5) is 0 Å². The van der Waals surface area contributed by atoms with Crippen molar-refractivity contribution in [3.63, 3.8) is 0 Å². The van der Waals surface area contributed by atoms with Crippen molar-refractivity contribution >= 4 is 0 Å². The van der Waals surface area contributed by atoms with Gasteiger partial charge in [0, 0.05) is 19.1 Å². The minimum atomic E-state index is 0.708. The summed E-state index contributed by atoms with van der Waals surface area (Å²) in [6, 6.07) is 7.73. The standard InChI is InChI=1S/C16H26N2/c1-4-16(5-2)18(3)12-13-6-7-14-8-9-17-11-15(14)10-13/h6-7,10,16-17H,4-5,8-9,11-12H2,1-3H3. The molecule has 1 aliphatic heterocycles. The molecule has 0 saturated heterocycles. The average molecular weight is 246 g/mol. The summed E-state index contributed by atoms with van der Waals surface area (Å²) in [7, 11) is 2.25. The van der Waals surface area contributed by atoms with Gasteiger partial charge in [-0.25, -0.2) is 0 Å². The molecule has 1 aliphatic rings. The van der Waals surface area contributed by atoms with E-state index < -0.39 is 0 Å². The lowest BCUT2D eigenvalue weighted by Crippen LogP contribution is -2.30. The Balaban J connectivity index is 2.05. The van der Waals surface area contributed by atoms with E-state index in [1.54, 1.807) is 0 Å². The minimum Gasteiger partial charge on any atom is -0.312 e. The normalized spacial score (nSPS) is 15.2. The SMILES string of the molecule is CCC(CC)N(C)Cc1ccc2c(c1)CNCC2. The van der Waals surface area contributed by atoms with E-state index >= 15 is 0 Å². The van der Waals surface area contributed by atoms with E-state index in [2.05, 4.69) is 49.3 Å². The minimum absolute atomic E-state index is 0.708. The number of benzene rings is 1. The van der Waals surface area contributed by atoms with Crippen LogP contribution in [0, 0.1) is 0 Å². The molecule has 18 heavy (non-hydrogen) atoms. The van der Waals surface area contributed by atoms with Crippen molar-refractivity contribution in [2.24, 2.45) is 0 Å². The second-order valence-corrected chi connectivity index (χ2v) is 5.42. The Labute approximate surface area is 111 Å². The number of hydrogen-bond donors (Lipinski definition) is 1. The summed E-state index contributed by atoms with van der Waals surface area (Å²) >= 11 is 0. The summed E-state index contributed by atoms with van der Waals surface area (Å²) in [6.07, 6.45) is 3.65. The first kappa shape index (κ1) is 13.6. The van der Waals surface area contributed by atoms with Gasteiger partial charge in [0.2, 0.25) is 0 Å². The van der Waals surface area contributed by atoms with Crippen LogP contribution < -0.4 is 5.32 Å². The Morgan fingerprint density at radius 3 is 2.72 bits per heavy atom. The second kappa shape index (κ2) is 6.35. The van der Waals surface area contributed by atoms with E-state index in [0.717, 1.165) is 19.6 Å². The molecule has 0 amide bonds. The van der Waals surface area contributed by atoms with Crippen LogP contribution in [0.25, 0.3) is 0 Å². The first-order chi connectivity index (χ1) is 8.74. The maximum Gasteiger partial charge on any atom is 0.0233 e. The van der Waals surface area contributed by atoms with Crippen LogP contribution in [0.2, 0.25) is 0 Å². The van der Waals surface area contributed by atoms with Crippen LogP contribution in [0.3, 0.4) is 0 Å². The fourth-order valence-corrected chi connectivity index (χ4v) is 2.96. The molecule has 1 aromatic carbocycles. The molecule has 2 heteroatoms. The number of nitrogens with zero attached hydrogens (tertiary/aromatic N) is 1. The van der Waals surface area contributed by atoms with Gasteiger partial charge in [0.15, 0.2) is 0 Å². The first-order valence-corrected chi connectivity index (χ1v) is 7.26. The zero-order chi connectivity index (χ0) is 13.0. The summed E-state index contributed by atoms with van der Waals surface area (Å²) in [6.45, 7) is 7.79. The second-order valence-electron chi connectivity index (χ2n) is 5.42. The fourth-order valence-electron chi connectivity index (χ4n) is 2.96. The lowest BCUT2D eigenvalue weighted by atomic mass is 9.98. The highest BCUT2D eigenvalue weighted by atomic mass is 15.1. The highest BCUT2D eigenvalue weighted by Gasteiger charge is 2.13. The maximum atomic E-state index is 3.45. The number of hydrogen-bond acceptors (Lipinski definition) is 2. The smallest absolute Gasteiger partial charge is 0.0233 e. The number of rotatable bonds is 5. The number of nitrogens with one attached hydrogen (secondary N) is 1. The quantitative estimate of drug-likeness (QED) is 0.859. The molecule has 0 fully saturated rings. The van der Waals surface area contributed by atoms with E-state index in [1.807, 2.05) is 0 Å². The van der Waals surface area contributed by atoms with E-state index in [4.69, 9.17) is 0 Å². The third kappa shape index (κ3) is 3.12. The molecular weight excluding hydrogens is 220 g/mol. The van der Waals surface area contributed by atoms with E-state index in [1.165, 1.54) is 36.0 Å². The van der Waals surface area contributed by atoms with Gasteiger partial charge in [-0.15, -0.1) is 0 Å². The molecule has 1 aromatic rings. The molecule has 2 rings (SSSR count). The highest BCUT2D eigenvalue weighted by Crippen LogP contribution is 2.18. The molecule has 0 spiro atoms. The van der Waals surface area contributed by atoms with Crippen LogP contribution in [0.5, 0.6) is 0 Å². The third-order valence-electron chi connectivity index (χ3n) is 4.16. The molecule has 0 atom stereocenters. The van der Waals surface area contributed by atoms with Gasteiger partial charge in [0.1, 0.15) is 0 Å². The van der Waals surface area contributed by atoms with Crippen molar-refractivity contribution in [3.05, 3.63) is 34.9 Å². The lowest BCUT2D eigenvalue weighted by Gasteiger charge is -2.27. The van der Waals surface area contributed by atoms with Crippen molar-refractivity contribution in [1.29, 1.82) is 0 Å². The Morgan fingerprint density at radius 1 is 1.22 bits per heavy atom. The van der Waals surface area contributed by atoms with Gasteiger partial charge in [-0.3, -0.25) is 4.90 Å². The van der Waals surface area contributed by atoms with Gasteiger partial charge in [0.05, 0.1) is 0 Å². The van der Waals surface area contributed by atoms with Crippen LogP contribution >= 0.6 is 0 Å². The molecule has 0 unspecified atom stereocenters. The van der Waals surface area contributed by atoms with Gasteiger partial charge in [-0.2, -0.15) is 0 Å². The molecule has 2 nitrogen and oxygen atoms in total. The topological polar surface area (TPSA) is 15.3 Å². The van der Waals surface area contributed by atoms with Crippen molar-refractivity contribution < 1.29 is 0 Å². The molecule has 0 aromatic heterocycles. The van der Waals surface area contributed by atoms with E-state index in [0.29, 0.717) is 6.04 Å². The predicted molar refractivity (Wildman–Crippen MR) is 77.7 cm³/mol. The van der Waals surface area contributed by atoms with Gasteiger partial charge < -0.3 is 5.32 Å². The first-order valence-electron chi connectivity index (χ1n) is 7.26. The van der Waals surface area contributed by atoms with Crippen LogP contribution in [0.1, 0.15) is 43.4 Å². The molecule has 1 N–H and O–H groups in total. The molecule has 1 heterocycles. The van der Waals surface area contributed by atoms with Crippen molar-refractivity contribution in [3.8, 4) is 0 Å². The van der Waals surface area contributed by atoms with E-state index in [9.17, 15) is 0 Å². The van der Waals surface area contributed by atoms with Crippen LogP contribution in [-0.4, -0.2) is 24.5 Å². The average Bonchev–Trinajstić information content (AvgIpc) is 2.40. The van der Waals surface area contributed by atoms with Gasteiger partial charge in [-0.05, 0) is 49.5 Å². The van der Waals surface area contributed by atoms with Crippen LogP contribution in [-0.2, 0) is 19.5 Å². The Hall–Kier alpha value is -0.860. The molecular formula is C16H26N2. The zero-order valence-electron chi connectivity index (χ0n) is 12.0. The largest absolute Gasteiger partial charge is 0.312 e. The Bertz CT molecular complexity index is 383. The molecule has 0 aliphatic carbocycles. The molecule has 0 bridgehead atoms. The predicted octanol–water partition coefficient (Wildman–Crippen LogP) is 2.95. The lowest BCUT2D eigenvalue weighted by molar-refractivity contribution is 0.221. The monoisotopic (exact) mass is 246 g/mol. The Kier molecular flexibility index (Phi) is 4.79. The Morgan fingerprint density at radius 2 is 2.00 bits per heavy atom. The van der Waals surface area contributed by atoms with Gasteiger partial charge in [-0.1, -0.05) is 32.0 Å². The summed E-state index contributed by atoms with van der Waals surface area (Å²) < 4.78 is 0. The fraction of sp³-hybridized carbons (Fsp3) is 0.625.